The summed E-state index contributed by atoms with van der Waals surface area (Å²) >= 11 is 2.26. The van der Waals surface area contributed by atoms with Crippen molar-refractivity contribution in [2.24, 2.45) is 0 Å². The lowest BCUT2D eigenvalue weighted by Gasteiger charge is -2.08. The summed E-state index contributed by atoms with van der Waals surface area (Å²) in [6.07, 6.45) is 0. The Hall–Kier alpha value is -1.06. The predicted octanol–water partition coefficient (Wildman–Crippen LogP) is 2.71. The van der Waals surface area contributed by atoms with Crippen LogP contribution in [0.15, 0.2) is 39.8 Å². The highest BCUT2D eigenvalue weighted by Gasteiger charge is 2.16. The van der Waals surface area contributed by atoms with E-state index in [4.69, 9.17) is 4.42 Å². The minimum Gasteiger partial charge on any atom is -0.446 e. The van der Waals surface area contributed by atoms with Crippen LogP contribution in [0.2, 0.25) is 0 Å². The zero-order chi connectivity index (χ0) is 14.8. The molecule has 7 heteroatoms. The number of hydrogen-bond acceptors (Lipinski definition) is 4. The number of sulfonamides is 1. The van der Waals surface area contributed by atoms with Gasteiger partial charge in [-0.1, -0.05) is 0 Å². The van der Waals surface area contributed by atoms with E-state index in [1.165, 1.54) is 16.7 Å². The second-order valence-electron chi connectivity index (χ2n) is 4.24. The molecular formula is C13H15IN2O3S. The Balaban J connectivity index is 2.08. The number of nitrogens with one attached hydrogen (secondary N) is 2. The second kappa shape index (κ2) is 6.15. The molecule has 0 atom stereocenters. The zero-order valence-corrected chi connectivity index (χ0v) is 14.1. The van der Waals surface area contributed by atoms with Gasteiger partial charge in [-0.15, -0.1) is 0 Å². The van der Waals surface area contributed by atoms with Crippen LogP contribution in [0.5, 0.6) is 0 Å². The van der Waals surface area contributed by atoms with Gasteiger partial charge in [-0.05, 0) is 72.5 Å². The van der Waals surface area contributed by atoms with E-state index >= 15 is 0 Å². The van der Waals surface area contributed by atoms with E-state index in [0.717, 1.165) is 11.3 Å². The fourth-order valence-electron chi connectivity index (χ4n) is 1.71. The summed E-state index contributed by atoms with van der Waals surface area (Å²) in [5.41, 5.74) is 2.13. The van der Waals surface area contributed by atoms with Crippen LogP contribution >= 0.6 is 22.6 Å². The Bertz CT molecular complexity index is 710. The third-order valence-electron chi connectivity index (χ3n) is 2.81. The van der Waals surface area contributed by atoms with Gasteiger partial charge in [-0.25, -0.2) is 13.1 Å². The Morgan fingerprint density at radius 1 is 1.25 bits per heavy atom. The van der Waals surface area contributed by atoms with E-state index < -0.39 is 10.0 Å². The molecule has 0 aliphatic carbocycles. The van der Waals surface area contributed by atoms with Gasteiger partial charge in [0.25, 0.3) is 10.0 Å². The molecule has 0 aliphatic rings. The molecule has 0 radical (unpaired) electrons. The minimum atomic E-state index is -3.52. The molecule has 1 heterocycles. The van der Waals surface area contributed by atoms with Crippen molar-refractivity contribution in [3.8, 4) is 0 Å². The summed E-state index contributed by atoms with van der Waals surface area (Å²) in [4.78, 5) is 0. The van der Waals surface area contributed by atoms with Crippen LogP contribution in [0.3, 0.4) is 0 Å². The first-order valence-electron chi connectivity index (χ1n) is 5.94. The molecule has 1 aromatic heterocycles. The number of benzene rings is 1. The first-order chi connectivity index (χ1) is 9.42. The number of aryl methyl sites for hydroxylation is 1. The van der Waals surface area contributed by atoms with Crippen LogP contribution in [0.1, 0.15) is 11.3 Å². The summed E-state index contributed by atoms with van der Waals surface area (Å²) in [6, 6.07) is 9.17. The maximum Gasteiger partial charge on any atom is 0.273 e. The highest BCUT2D eigenvalue weighted by molar-refractivity contribution is 14.1. The average Bonchev–Trinajstić information content (AvgIpc) is 2.87. The van der Waals surface area contributed by atoms with Gasteiger partial charge in [0.15, 0.2) is 0 Å². The van der Waals surface area contributed by atoms with Crippen molar-refractivity contribution in [2.45, 2.75) is 18.6 Å². The SMILES string of the molecule is CNS(=O)(=O)c1ccc(CNc2ccc(I)cc2C)o1. The van der Waals surface area contributed by atoms with E-state index in [2.05, 4.69) is 38.7 Å². The quantitative estimate of drug-likeness (QED) is 0.750. The molecule has 0 spiro atoms. The molecule has 0 fully saturated rings. The van der Waals surface area contributed by atoms with Crippen molar-refractivity contribution in [3.63, 3.8) is 0 Å². The molecule has 2 rings (SSSR count). The molecule has 0 aliphatic heterocycles. The smallest absolute Gasteiger partial charge is 0.273 e. The highest BCUT2D eigenvalue weighted by Crippen LogP contribution is 2.20. The van der Waals surface area contributed by atoms with Crippen molar-refractivity contribution in [2.75, 3.05) is 12.4 Å². The van der Waals surface area contributed by atoms with Crippen molar-refractivity contribution in [3.05, 3.63) is 45.2 Å². The van der Waals surface area contributed by atoms with E-state index in [9.17, 15) is 8.42 Å². The largest absolute Gasteiger partial charge is 0.446 e. The predicted molar refractivity (Wildman–Crippen MR) is 86.2 cm³/mol. The van der Waals surface area contributed by atoms with Crippen molar-refractivity contribution < 1.29 is 12.8 Å². The van der Waals surface area contributed by atoms with Gasteiger partial charge in [0.1, 0.15) is 5.76 Å². The Morgan fingerprint density at radius 2 is 2.00 bits per heavy atom. The van der Waals surface area contributed by atoms with E-state index in [-0.39, 0.29) is 5.09 Å². The Morgan fingerprint density at radius 3 is 2.65 bits per heavy atom. The molecule has 108 valence electrons. The summed E-state index contributed by atoms with van der Waals surface area (Å²) in [6.45, 7) is 2.45. The van der Waals surface area contributed by atoms with Gasteiger partial charge in [0.05, 0.1) is 6.54 Å². The summed E-state index contributed by atoms with van der Waals surface area (Å²) in [5, 5.41) is 3.15. The molecule has 0 saturated carbocycles. The molecule has 2 N–H and O–H groups in total. The number of rotatable bonds is 5. The van der Waals surface area contributed by atoms with Gasteiger partial charge >= 0.3 is 0 Å². The van der Waals surface area contributed by atoms with Crippen LogP contribution in [-0.4, -0.2) is 15.5 Å². The van der Waals surface area contributed by atoms with Crippen LogP contribution < -0.4 is 10.0 Å². The number of anilines is 1. The molecule has 0 bridgehead atoms. The molecule has 20 heavy (non-hydrogen) atoms. The first-order valence-corrected chi connectivity index (χ1v) is 8.51. The van der Waals surface area contributed by atoms with E-state index in [1.54, 1.807) is 6.07 Å². The Labute approximate surface area is 131 Å². The normalized spacial score (nSPS) is 11.6. The number of furan rings is 1. The van der Waals surface area contributed by atoms with Crippen LogP contribution in [0.25, 0.3) is 0 Å². The molecule has 0 unspecified atom stereocenters. The van der Waals surface area contributed by atoms with E-state index in [1.807, 2.05) is 19.1 Å². The summed E-state index contributed by atoms with van der Waals surface area (Å²) in [5.74, 6) is 0.566. The third kappa shape index (κ3) is 3.53. The van der Waals surface area contributed by atoms with Crippen LogP contribution in [0.4, 0.5) is 5.69 Å². The van der Waals surface area contributed by atoms with Crippen LogP contribution in [0, 0.1) is 10.5 Å². The van der Waals surface area contributed by atoms with E-state index in [0.29, 0.717) is 12.3 Å². The van der Waals surface area contributed by atoms with Gasteiger partial charge in [-0.2, -0.15) is 0 Å². The summed E-state index contributed by atoms with van der Waals surface area (Å²) in [7, 11) is -2.17. The maximum atomic E-state index is 11.6. The van der Waals surface area contributed by atoms with Crippen molar-refractivity contribution in [1.82, 2.24) is 4.72 Å². The molecule has 1 aromatic carbocycles. The molecule has 0 saturated heterocycles. The lowest BCUT2D eigenvalue weighted by molar-refractivity contribution is 0.417. The minimum absolute atomic E-state index is 0.0730. The first kappa shape index (κ1) is 15.3. The van der Waals surface area contributed by atoms with Crippen molar-refractivity contribution >= 4 is 38.3 Å². The molecule has 5 nitrogen and oxygen atoms in total. The lowest BCUT2D eigenvalue weighted by atomic mass is 10.2. The Kier molecular flexibility index (Phi) is 4.71. The van der Waals surface area contributed by atoms with Crippen LogP contribution in [-0.2, 0) is 16.6 Å². The van der Waals surface area contributed by atoms with Gasteiger partial charge in [-0.3, -0.25) is 0 Å². The molecule has 0 amide bonds. The van der Waals surface area contributed by atoms with Gasteiger partial charge in [0, 0.05) is 9.26 Å². The third-order valence-corrected chi connectivity index (χ3v) is 4.77. The maximum absolute atomic E-state index is 11.6. The second-order valence-corrected chi connectivity index (χ2v) is 7.30. The average molecular weight is 406 g/mol. The highest BCUT2D eigenvalue weighted by atomic mass is 127. The number of hydrogen-bond donors (Lipinski definition) is 2. The molecule has 2 aromatic rings. The van der Waals surface area contributed by atoms with Gasteiger partial charge < -0.3 is 9.73 Å². The van der Waals surface area contributed by atoms with Crippen molar-refractivity contribution in [1.29, 1.82) is 0 Å². The molecular weight excluding hydrogens is 391 g/mol. The fraction of sp³-hybridized carbons (Fsp3) is 0.231. The zero-order valence-electron chi connectivity index (χ0n) is 11.1. The standard InChI is InChI=1S/C13H15IN2O3S/c1-9-7-10(14)3-5-12(9)16-8-11-4-6-13(19-11)20(17,18)15-2/h3-7,15-16H,8H2,1-2H3. The lowest BCUT2D eigenvalue weighted by Crippen LogP contribution is -2.17. The fourth-order valence-corrected chi connectivity index (χ4v) is 3.02. The monoisotopic (exact) mass is 406 g/mol. The number of halogens is 1. The summed E-state index contributed by atoms with van der Waals surface area (Å²) < 4.78 is 31.8. The topological polar surface area (TPSA) is 71.3 Å². The van der Waals surface area contributed by atoms with Gasteiger partial charge in [0.2, 0.25) is 5.09 Å².